The number of aromatic nitrogens is 2. The van der Waals surface area contributed by atoms with Gasteiger partial charge in [0.15, 0.2) is 0 Å². The van der Waals surface area contributed by atoms with E-state index in [4.69, 9.17) is 28.3 Å². The zero-order chi connectivity index (χ0) is 17.4. The molecule has 1 aromatic carbocycles. The molecule has 1 aromatic heterocycles. The Morgan fingerprint density at radius 2 is 1.92 bits per heavy atom. The van der Waals surface area contributed by atoms with Crippen molar-refractivity contribution in [2.24, 2.45) is 0 Å². The van der Waals surface area contributed by atoms with Crippen molar-refractivity contribution in [2.45, 2.75) is 38.0 Å². The molecular formula is C19H24Cl2N4. The van der Waals surface area contributed by atoms with Gasteiger partial charge in [-0.15, -0.1) is 0 Å². The molecule has 25 heavy (non-hydrogen) atoms. The molecular weight excluding hydrogens is 355 g/mol. The van der Waals surface area contributed by atoms with Crippen LogP contribution in [0.25, 0.3) is 5.69 Å². The van der Waals surface area contributed by atoms with Gasteiger partial charge >= 0.3 is 0 Å². The van der Waals surface area contributed by atoms with Gasteiger partial charge in [0.05, 0.1) is 21.4 Å². The van der Waals surface area contributed by atoms with Crippen molar-refractivity contribution in [1.82, 2.24) is 14.7 Å². The average molecular weight is 379 g/mol. The Hall–Kier alpha value is -1.23. The third-order valence-electron chi connectivity index (χ3n) is 5.41. The van der Waals surface area contributed by atoms with Gasteiger partial charge in [0.2, 0.25) is 0 Å². The molecule has 1 N–H and O–H groups in total. The lowest BCUT2D eigenvalue weighted by Crippen LogP contribution is -2.29. The predicted molar refractivity (Wildman–Crippen MR) is 104 cm³/mol. The van der Waals surface area contributed by atoms with Gasteiger partial charge in [0, 0.05) is 18.0 Å². The second kappa shape index (κ2) is 7.18. The van der Waals surface area contributed by atoms with E-state index in [2.05, 4.69) is 17.3 Å². The van der Waals surface area contributed by atoms with E-state index in [0.29, 0.717) is 16.0 Å². The number of halogens is 2. The summed E-state index contributed by atoms with van der Waals surface area (Å²) in [5.74, 6) is 1.69. The molecule has 0 radical (unpaired) electrons. The molecule has 4 nitrogen and oxygen atoms in total. The molecule has 0 bridgehead atoms. The van der Waals surface area contributed by atoms with Crippen molar-refractivity contribution in [3.8, 4) is 5.69 Å². The molecule has 2 aromatic rings. The van der Waals surface area contributed by atoms with Crippen LogP contribution in [0.5, 0.6) is 0 Å². The topological polar surface area (TPSA) is 33.1 Å². The molecule has 0 atom stereocenters. The van der Waals surface area contributed by atoms with Crippen LogP contribution in [0.4, 0.5) is 5.82 Å². The Bertz CT molecular complexity index is 763. The summed E-state index contributed by atoms with van der Waals surface area (Å²) in [5, 5.41) is 9.81. The second-order valence-electron chi connectivity index (χ2n) is 7.18. The highest BCUT2D eigenvalue weighted by Gasteiger charge is 2.28. The molecule has 1 saturated heterocycles. The largest absolute Gasteiger partial charge is 0.370 e. The minimum Gasteiger partial charge on any atom is -0.370 e. The van der Waals surface area contributed by atoms with E-state index in [1.807, 2.05) is 22.9 Å². The molecule has 2 aliphatic rings. The van der Waals surface area contributed by atoms with E-state index in [0.717, 1.165) is 37.6 Å². The minimum atomic E-state index is 0.550. The first-order valence-electron chi connectivity index (χ1n) is 9.13. The van der Waals surface area contributed by atoms with Gasteiger partial charge in [-0.1, -0.05) is 23.2 Å². The Morgan fingerprint density at radius 1 is 1.12 bits per heavy atom. The molecule has 0 amide bonds. The predicted octanol–water partition coefficient (Wildman–Crippen LogP) is 4.74. The maximum absolute atomic E-state index is 6.25. The number of hydrogen-bond donors (Lipinski definition) is 1. The summed E-state index contributed by atoms with van der Waals surface area (Å²) in [5.41, 5.74) is 3.65. The van der Waals surface area contributed by atoms with Crippen molar-refractivity contribution in [3.05, 3.63) is 39.5 Å². The minimum absolute atomic E-state index is 0.550. The van der Waals surface area contributed by atoms with Crippen LogP contribution in [0, 0.1) is 0 Å². The molecule has 4 rings (SSSR count). The highest BCUT2D eigenvalue weighted by atomic mass is 35.5. The Kier molecular flexibility index (Phi) is 4.94. The van der Waals surface area contributed by atoms with Crippen LogP contribution in [0.3, 0.4) is 0 Å². The fraction of sp³-hybridized carbons (Fsp3) is 0.526. The first-order chi connectivity index (χ1) is 12.1. The van der Waals surface area contributed by atoms with Gasteiger partial charge < -0.3 is 10.2 Å². The first-order valence-corrected chi connectivity index (χ1v) is 9.88. The summed E-state index contributed by atoms with van der Waals surface area (Å²) in [6, 6.07) is 5.74. The summed E-state index contributed by atoms with van der Waals surface area (Å²) in [6.07, 6.45) is 5.88. The molecule has 134 valence electrons. The number of rotatable bonds is 2. The molecule has 1 fully saturated rings. The number of nitrogens with zero attached hydrogens (tertiary/aromatic N) is 3. The maximum atomic E-state index is 6.25. The number of piperidine rings is 1. The molecule has 0 aliphatic carbocycles. The monoisotopic (exact) mass is 378 g/mol. The van der Waals surface area contributed by atoms with Crippen LogP contribution in [0.2, 0.25) is 10.0 Å². The first kappa shape index (κ1) is 17.2. The summed E-state index contributed by atoms with van der Waals surface area (Å²) in [7, 11) is 2.20. The second-order valence-corrected chi connectivity index (χ2v) is 8.00. The van der Waals surface area contributed by atoms with Crippen LogP contribution < -0.4 is 5.32 Å². The van der Waals surface area contributed by atoms with Gasteiger partial charge in [-0.25, -0.2) is 4.68 Å². The van der Waals surface area contributed by atoms with Crippen molar-refractivity contribution < 1.29 is 0 Å². The average Bonchev–Trinajstić information content (AvgIpc) is 2.80. The van der Waals surface area contributed by atoms with Crippen LogP contribution in [0.1, 0.15) is 42.9 Å². The van der Waals surface area contributed by atoms with Gasteiger partial charge in [0.1, 0.15) is 5.82 Å². The molecule has 6 heteroatoms. The van der Waals surface area contributed by atoms with E-state index in [-0.39, 0.29) is 0 Å². The number of nitrogens with one attached hydrogen (secondary N) is 1. The van der Waals surface area contributed by atoms with Crippen molar-refractivity contribution >= 4 is 29.0 Å². The van der Waals surface area contributed by atoms with Crippen molar-refractivity contribution in [1.29, 1.82) is 0 Å². The van der Waals surface area contributed by atoms with E-state index >= 15 is 0 Å². The fourth-order valence-electron chi connectivity index (χ4n) is 3.94. The van der Waals surface area contributed by atoms with Crippen molar-refractivity contribution in [2.75, 3.05) is 32.0 Å². The Labute approximate surface area is 159 Å². The Balaban J connectivity index is 1.77. The lowest BCUT2D eigenvalue weighted by atomic mass is 9.90. The van der Waals surface area contributed by atoms with Gasteiger partial charge in [-0.2, -0.15) is 5.10 Å². The lowest BCUT2D eigenvalue weighted by Gasteiger charge is -2.28. The number of benzene rings is 1. The molecule has 0 saturated carbocycles. The summed E-state index contributed by atoms with van der Waals surface area (Å²) < 4.78 is 2.04. The maximum Gasteiger partial charge on any atom is 0.133 e. The number of likely N-dealkylation sites (tertiary alicyclic amines) is 1. The van der Waals surface area contributed by atoms with E-state index in [9.17, 15) is 0 Å². The third kappa shape index (κ3) is 3.40. The van der Waals surface area contributed by atoms with E-state index in [1.165, 1.54) is 36.9 Å². The van der Waals surface area contributed by atoms with Gasteiger partial charge in [-0.05, 0) is 70.4 Å². The smallest absolute Gasteiger partial charge is 0.133 e. The van der Waals surface area contributed by atoms with E-state index < -0.39 is 0 Å². The SMILES string of the molecule is CN1CCC(c2nn(-c3ccc(Cl)c(Cl)c3)c3c2CCCCN3)CC1. The number of anilines is 1. The number of fused-ring (bicyclic) bond motifs is 1. The third-order valence-corrected chi connectivity index (χ3v) is 6.15. The quantitative estimate of drug-likeness (QED) is 0.819. The fourth-order valence-corrected chi connectivity index (χ4v) is 4.23. The highest BCUT2D eigenvalue weighted by molar-refractivity contribution is 6.42. The number of hydrogen-bond acceptors (Lipinski definition) is 3. The normalized spacial score (nSPS) is 19.3. The highest BCUT2D eigenvalue weighted by Crippen LogP contribution is 2.37. The van der Waals surface area contributed by atoms with Crippen LogP contribution in [0.15, 0.2) is 18.2 Å². The van der Waals surface area contributed by atoms with Crippen LogP contribution in [-0.4, -0.2) is 41.4 Å². The molecule has 3 heterocycles. The summed E-state index contributed by atoms with van der Waals surface area (Å²) in [6.45, 7) is 3.28. The standard InChI is InChI=1S/C19H24Cl2N4/c1-24-10-7-13(8-11-24)18-15-4-2-3-9-22-19(15)25(23-18)14-5-6-16(20)17(21)12-14/h5-6,12-13,22H,2-4,7-11H2,1H3. The van der Waals surface area contributed by atoms with Gasteiger partial charge in [0.25, 0.3) is 0 Å². The van der Waals surface area contributed by atoms with Gasteiger partial charge in [-0.3, -0.25) is 0 Å². The Morgan fingerprint density at radius 3 is 2.68 bits per heavy atom. The van der Waals surface area contributed by atoms with Crippen molar-refractivity contribution in [3.63, 3.8) is 0 Å². The molecule has 2 aliphatic heterocycles. The lowest BCUT2D eigenvalue weighted by molar-refractivity contribution is 0.252. The molecule has 0 spiro atoms. The van der Waals surface area contributed by atoms with Crippen LogP contribution in [-0.2, 0) is 6.42 Å². The summed E-state index contributed by atoms with van der Waals surface area (Å²) >= 11 is 12.3. The van der Waals surface area contributed by atoms with Crippen LogP contribution >= 0.6 is 23.2 Å². The zero-order valence-corrected chi connectivity index (χ0v) is 16.1. The van der Waals surface area contributed by atoms with E-state index in [1.54, 1.807) is 0 Å². The zero-order valence-electron chi connectivity index (χ0n) is 14.6. The summed E-state index contributed by atoms with van der Waals surface area (Å²) in [4.78, 5) is 2.41. The molecule has 0 unspecified atom stereocenters.